The van der Waals surface area contributed by atoms with E-state index in [4.69, 9.17) is 37.7 Å². The van der Waals surface area contributed by atoms with E-state index in [9.17, 15) is 10.1 Å². The largest absolute Gasteiger partial charge is 0.493 e. The van der Waals surface area contributed by atoms with Crippen molar-refractivity contribution in [1.82, 2.24) is 4.98 Å². The molecule has 0 aliphatic rings. The van der Waals surface area contributed by atoms with E-state index in [-0.39, 0.29) is 11.7 Å². The number of ether oxygens (including phenoxy) is 2. The molecule has 0 radical (unpaired) electrons. The highest BCUT2D eigenvalue weighted by Gasteiger charge is 2.19. The van der Waals surface area contributed by atoms with Crippen LogP contribution in [0.1, 0.15) is 5.56 Å². The molecule has 0 aliphatic heterocycles. The average Bonchev–Trinajstić information content (AvgIpc) is 2.92. The summed E-state index contributed by atoms with van der Waals surface area (Å²) in [5, 5.41) is 14.4. The van der Waals surface area contributed by atoms with Gasteiger partial charge in [-0.25, -0.2) is 4.98 Å². The van der Waals surface area contributed by atoms with E-state index in [0.717, 1.165) is 11.1 Å². The average molecular weight is 550 g/mol. The molecule has 0 fully saturated rings. The third-order valence-electron chi connectivity index (χ3n) is 5.42. The second-order valence-electron chi connectivity index (χ2n) is 7.74. The van der Waals surface area contributed by atoms with Crippen molar-refractivity contribution in [1.29, 1.82) is 5.26 Å². The number of hydrogen-bond donors (Lipinski definition) is 1. The summed E-state index contributed by atoms with van der Waals surface area (Å²) in [5.41, 5.74) is 3.71. The number of benzene rings is 3. The van der Waals surface area contributed by atoms with Crippen LogP contribution >= 0.6 is 35.0 Å². The van der Waals surface area contributed by atoms with Crippen LogP contribution in [0.15, 0.2) is 77.8 Å². The van der Waals surface area contributed by atoms with Gasteiger partial charge in [0.25, 0.3) is 0 Å². The number of amides is 1. The number of hydrogen-bond acceptors (Lipinski definition) is 6. The minimum Gasteiger partial charge on any atom is -0.493 e. The zero-order valence-corrected chi connectivity index (χ0v) is 22.2. The number of rotatable bonds is 8. The summed E-state index contributed by atoms with van der Waals surface area (Å²) in [6.07, 6.45) is 0. The Bertz CT molecular complexity index is 1490. The second kappa shape index (κ2) is 12.0. The van der Waals surface area contributed by atoms with Crippen LogP contribution in [0.4, 0.5) is 5.69 Å². The van der Waals surface area contributed by atoms with Crippen LogP contribution in [0.5, 0.6) is 11.5 Å². The van der Waals surface area contributed by atoms with E-state index in [0.29, 0.717) is 49.1 Å². The molecule has 1 aromatic heterocycles. The molecule has 0 saturated carbocycles. The third kappa shape index (κ3) is 6.17. The molecule has 4 aromatic rings. The second-order valence-corrected chi connectivity index (χ2v) is 9.55. The summed E-state index contributed by atoms with van der Waals surface area (Å²) >= 11 is 13.4. The van der Waals surface area contributed by atoms with Gasteiger partial charge in [-0.2, -0.15) is 5.26 Å². The maximum absolute atomic E-state index is 12.7. The van der Waals surface area contributed by atoms with Crippen molar-refractivity contribution in [2.45, 2.75) is 5.03 Å². The number of methoxy groups -OCH3 is 2. The van der Waals surface area contributed by atoms with Crippen molar-refractivity contribution in [3.05, 3.63) is 88.4 Å². The highest BCUT2D eigenvalue weighted by atomic mass is 35.5. The zero-order valence-electron chi connectivity index (χ0n) is 19.9. The fourth-order valence-corrected chi connectivity index (χ4v) is 4.73. The number of nitrogens with one attached hydrogen (secondary N) is 1. The summed E-state index contributed by atoms with van der Waals surface area (Å²) in [4.78, 5) is 17.4. The van der Waals surface area contributed by atoms with Gasteiger partial charge < -0.3 is 14.8 Å². The molecule has 1 N–H and O–H groups in total. The number of thioether (sulfide) groups is 1. The van der Waals surface area contributed by atoms with Crippen molar-refractivity contribution in [2.75, 3.05) is 25.3 Å². The fourth-order valence-electron chi connectivity index (χ4n) is 3.62. The van der Waals surface area contributed by atoms with E-state index in [1.54, 1.807) is 62.8 Å². The van der Waals surface area contributed by atoms with E-state index in [1.165, 1.54) is 11.8 Å². The van der Waals surface area contributed by atoms with Crippen LogP contribution in [-0.4, -0.2) is 30.9 Å². The van der Waals surface area contributed by atoms with Gasteiger partial charge in [-0.3, -0.25) is 4.79 Å². The van der Waals surface area contributed by atoms with Crippen molar-refractivity contribution in [3.63, 3.8) is 0 Å². The van der Waals surface area contributed by atoms with Gasteiger partial charge in [0.2, 0.25) is 5.91 Å². The van der Waals surface area contributed by atoms with E-state index < -0.39 is 0 Å². The normalized spacial score (nSPS) is 10.5. The lowest BCUT2D eigenvalue weighted by Crippen LogP contribution is -2.14. The van der Waals surface area contributed by atoms with Gasteiger partial charge in [0.15, 0.2) is 11.5 Å². The number of nitrogens with zero attached hydrogens (tertiary/aromatic N) is 2. The lowest BCUT2D eigenvalue weighted by molar-refractivity contribution is -0.113. The number of para-hydroxylation sites is 1. The van der Waals surface area contributed by atoms with Crippen LogP contribution in [0, 0.1) is 11.3 Å². The standard InChI is InChI=1S/C28H21Cl2N3O3S/c1-35-25-12-9-18(13-26(25)36-2)20-14-24(17-7-10-19(29)11-8-17)33-28(21(20)15-31)37-16-27(34)32-23-6-4-3-5-22(23)30/h3-14H,16H2,1-2H3,(H,32,34). The van der Waals surface area contributed by atoms with Crippen LogP contribution in [0.2, 0.25) is 10.0 Å². The first-order chi connectivity index (χ1) is 17.9. The Labute approximate surface area is 229 Å². The quantitative estimate of drug-likeness (QED) is 0.231. The monoisotopic (exact) mass is 549 g/mol. The highest BCUT2D eigenvalue weighted by Crippen LogP contribution is 2.38. The zero-order chi connectivity index (χ0) is 26.4. The van der Waals surface area contributed by atoms with Crippen LogP contribution in [0.3, 0.4) is 0 Å². The fraction of sp³-hybridized carbons (Fsp3) is 0.107. The molecule has 6 nitrogen and oxygen atoms in total. The number of carbonyl (C=O) groups is 1. The third-order valence-corrected chi connectivity index (χ3v) is 6.98. The molecule has 37 heavy (non-hydrogen) atoms. The molecule has 186 valence electrons. The minimum atomic E-state index is -0.270. The lowest BCUT2D eigenvalue weighted by atomic mass is 9.99. The molecule has 0 saturated heterocycles. The molecule has 3 aromatic carbocycles. The Hall–Kier alpha value is -3.70. The maximum atomic E-state index is 12.7. The topological polar surface area (TPSA) is 84.2 Å². The Balaban J connectivity index is 1.75. The Morgan fingerprint density at radius 3 is 2.35 bits per heavy atom. The van der Waals surface area contributed by atoms with Gasteiger partial charge in [0, 0.05) is 16.1 Å². The predicted octanol–water partition coefficient (Wildman–Crippen LogP) is 7.34. The van der Waals surface area contributed by atoms with Crippen LogP contribution < -0.4 is 14.8 Å². The van der Waals surface area contributed by atoms with Crippen molar-refractivity contribution in [2.24, 2.45) is 0 Å². The van der Waals surface area contributed by atoms with Crippen molar-refractivity contribution >= 4 is 46.6 Å². The molecule has 0 aliphatic carbocycles. The molecule has 1 heterocycles. The first kappa shape index (κ1) is 26.4. The summed E-state index contributed by atoms with van der Waals surface area (Å²) < 4.78 is 10.8. The first-order valence-electron chi connectivity index (χ1n) is 11.0. The predicted molar refractivity (Wildman–Crippen MR) is 149 cm³/mol. The van der Waals surface area contributed by atoms with E-state index in [1.807, 2.05) is 24.3 Å². The summed E-state index contributed by atoms with van der Waals surface area (Å²) in [6, 6.07) is 23.8. The SMILES string of the molecule is COc1ccc(-c2cc(-c3ccc(Cl)cc3)nc(SCC(=O)Nc3ccccc3Cl)c2C#N)cc1OC. The number of anilines is 1. The molecule has 4 rings (SSSR count). The van der Waals surface area contributed by atoms with E-state index >= 15 is 0 Å². The molecule has 0 atom stereocenters. The minimum absolute atomic E-state index is 0.0301. The summed E-state index contributed by atoms with van der Waals surface area (Å²) in [6.45, 7) is 0. The van der Waals surface area contributed by atoms with Crippen LogP contribution in [0.25, 0.3) is 22.4 Å². The lowest BCUT2D eigenvalue weighted by Gasteiger charge is -2.14. The highest BCUT2D eigenvalue weighted by molar-refractivity contribution is 8.00. The van der Waals surface area contributed by atoms with Gasteiger partial charge in [0.05, 0.1) is 41.9 Å². The molecular weight excluding hydrogens is 529 g/mol. The molecule has 9 heteroatoms. The van der Waals surface area contributed by atoms with Gasteiger partial charge >= 0.3 is 0 Å². The summed E-state index contributed by atoms with van der Waals surface area (Å²) in [7, 11) is 3.11. The molecule has 0 unspecified atom stereocenters. The number of carbonyl (C=O) groups excluding carboxylic acids is 1. The van der Waals surface area contributed by atoms with Crippen LogP contribution in [-0.2, 0) is 4.79 Å². The molecule has 1 amide bonds. The smallest absolute Gasteiger partial charge is 0.234 e. The number of aromatic nitrogens is 1. The molecule has 0 bridgehead atoms. The number of halogens is 2. The Kier molecular flexibility index (Phi) is 8.57. The number of nitriles is 1. The van der Waals surface area contributed by atoms with Gasteiger partial charge in [0.1, 0.15) is 11.1 Å². The number of pyridine rings is 1. The molecule has 0 spiro atoms. The Morgan fingerprint density at radius 1 is 0.973 bits per heavy atom. The van der Waals surface area contributed by atoms with Gasteiger partial charge in [-0.15, -0.1) is 0 Å². The molecular formula is C28H21Cl2N3O3S. The Morgan fingerprint density at radius 2 is 1.68 bits per heavy atom. The van der Waals surface area contributed by atoms with Gasteiger partial charge in [-0.05, 0) is 48.0 Å². The maximum Gasteiger partial charge on any atom is 0.234 e. The summed E-state index contributed by atoms with van der Waals surface area (Å²) in [5.74, 6) is 0.862. The van der Waals surface area contributed by atoms with E-state index in [2.05, 4.69) is 11.4 Å². The first-order valence-corrected chi connectivity index (χ1v) is 12.8. The van der Waals surface area contributed by atoms with Gasteiger partial charge in [-0.1, -0.05) is 65.3 Å². The van der Waals surface area contributed by atoms with Crippen molar-refractivity contribution < 1.29 is 14.3 Å². The van der Waals surface area contributed by atoms with Crippen molar-refractivity contribution in [3.8, 4) is 40.0 Å².